The molecule has 1 heterocycles. The van der Waals surface area contributed by atoms with Crippen molar-refractivity contribution in [2.24, 2.45) is 0 Å². The zero-order valence-corrected chi connectivity index (χ0v) is 18.0. The van der Waals surface area contributed by atoms with E-state index in [1.54, 1.807) is 13.2 Å². The van der Waals surface area contributed by atoms with Crippen molar-refractivity contribution in [2.75, 3.05) is 18.2 Å². The number of H-pyrrole nitrogens is 1. The molecule has 0 aliphatic heterocycles. The fraction of sp³-hybridized carbons (Fsp3) is 0.120. The summed E-state index contributed by atoms with van der Waals surface area (Å²) in [5.74, 6) is 1.29. The maximum atomic E-state index is 12.3. The third-order valence-electron chi connectivity index (χ3n) is 4.71. The molecule has 5 nitrogen and oxygen atoms in total. The van der Waals surface area contributed by atoms with Gasteiger partial charge < -0.3 is 15.0 Å². The van der Waals surface area contributed by atoms with E-state index in [1.165, 1.54) is 11.8 Å². The van der Waals surface area contributed by atoms with Crippen molar-refractivity contribution in [3.8, 4) is 28.3 Å². The number of aromatic amines is 1. The molecule has 2 N–H and O–H groups in total. The number of hydrogen-bond acceptors (Lipinski definition) is 4. The molecule has 0 saturated carbocycles. The normalized spacial score (nSPS) is 10.6. The van der Waals surface area contributed by atoms with E-state index in [9.17, 15) is 4.79 Å². The van der Waals surface area contributed by atoms with Gasteiger partial charge in [-0.25, -0.2) is 4.98 Å². The number of methoxy groups -OCH3 is 1. The van der Waals surface area contributed by atoms with Gasteiger partial charge in [-0.2, -0.15) is 0 Å². The number of rotatable bonds is 8. The lowest BCUT2D eigenvalue weighted by Crippen LogP contribution is -2.12. The minimum absolute atomic E-state index is 0.0427. The van der Waals surface area contributed by atoms with E-state index < -0.39 is 0 Å². The topological polar surface area (TPSA) is 67.0 Å². The van der Waals surface area contributed by atoms with Crippen molar-refractivity contribution in [3.05, 3.63) is 84.9 Å². The van der Waals surface area contributed by atoms with Gasteiger partial charge in [-0.15, -0.1) is 0 Å². The molecule has 0 bridgehead atoms. The molecule has 0 spiro atoms. The Kier molecular flexibility index (Phi) is 6.69. The van der Waals surface area contributed by atoms with Gasteiger partial charge in [0.2, 0.25) is 5.91 Å². The predicted octanol–water partition coefficient (Wildman–Crippen LogP) is 5.87. The van der Waals surface area contributed by atoms with E-state index >= 15 is 0 Å². The molecule has 4 aromatic rings. The van der Waals surface area contributed by atoms with Crippen LogP contribution < -0.4 is 10.1 Å². The summed E-state index contributed by atoms with van der Waals surface area (Å²) >= 11 is 1.54. The molecular weight excluding hydrogens is 406 g/mol. The van der Waals surface area contributed by atoms with Crippen LogP contribution >= 0.6 is 11.8 Å². The largest absolute Gasteiger partial charge is 0.497 e. The Hall–Kier alpha value is -3.51. The van der Waals surface area contributed by atoms with Gasteiger partial charge in [0.15, 0.2) is 5.16 Å². The summed E-state index contributed by atoms with van der Waals surface area (Å²) in [6.45, 7) is 0. The van der Waals surface area contributed by atoms with Crippen LogP contribution in [0.5, 0.6) is 5.75 Å². The van der Waals surface area contributed by atoms with Crippen LogP contribution in [0.3, 0.4) is 0 Å². The molecule has 1 aromatic heterocycles. The summed E-state index contributed by atoms with van der Waals surface area (Å²) in [5.41, 5.74) is 4.76. The first-order valence-corrected chi connectivity index (χ1v) is 11.0. The lowest BCUT2D eigenvalue weighted by molar-refractivity contribution is -0.115. The van der Waals surface area contributed by atoms with Crippen LogP contribution in [0.2, 0.25) is 0 Å². The quantitative estimate of drug-likeness (QED) is 0.344. The molecule has 0 aliphatic rings. The van der Waals surface area contributed by atoms with Crippen molar-refractivity contribution < 1.29 is 9.53 Å². The molecule has 0 aliphatic carbocycles. The van der Waals surface area contributed by atoms with Crippen molar-refractivity contribution >= 4 is 23.4 Å². The number of anilines is 1. The first kappa shape index (κ1) is 20.8. The zero-order valence-electron chi connectivity index (χ0n) is 17.2. The Balaban J connectivity index is 1.44. The summed E-state index contributed by atoms with van der Waals surface area (Å²) in [4.78, 5) is 20.6. The van der Waals surface area contributed by atoms with Crippen molar-refractivity contribution in [1.82, 2.24) is 9.97 Å². The number of hydrogen-bond donors (Lipinski definition) is 2. The molecule has 0 unspecified atom stereocenters. The monoisotopic (exact) mass is 429 g/mol. The van der Waals surface area contributed by atoms with E-state index in [1.807, 2.05) is 54.6 Å². The van der Waals surface area contributed by atoms with E-state index in [-0.39, 0.29) is 5.91 Å². The summed E-state index contributed by atoms with van der Waals surface area (Å²) in [5, 5.41) is 3.71. The second kappa shape index (κ2) is 10.00. The van der Waals surface area contributed by atoms with Gasteiger partial charge in [-0.1, -0.05) is 78.5 Å². The van der Waals surface area contributed by atoms with Gasteiger partial charge in [0.25, 0.3) is 0 Å². The lowest BCUT2D eigenvalue weighted by Gasteiger charge is -2.06. The number of imidazole rings is 1. The molecule has 0 atom stereocenters. The van der Waals surface area contributed by atoms with Crippen LogP contribution in [0, 0.1) is 0 Å². The zero-order chi connectivity index (χ0) is 21.5. The van der Waals surface area contributed by atoms with Gasteiger partial charge in [0.1, 0.15) is 5.75 Å². The van der Waals surface area contributed by atoms with Gasteiger partial charge in [-0.3, -0.25) is 4.79 Å². The van der Waals surface area contributed by atoms with Crippen molar-refractivity contribution in [3.63, 3.8) is 0 Å². The number of nitrogens with zero attached hydrogens (tertiary/aromatic N) is 1. The number of ether oxygens (including phenoxy) is 1. The number of carbonyl (C=O) groups excluding carboxylic acids is 1. The van der Waals surface area contributed by atoms with Crippen LogP contribution in [0.15, 0.2) is 90.1 Å². The van der Waals surface area contributed by atoms with Crippen LogP contribution in [0.4, 0.5) is 5.69 Å². The molecule has 4 rings (SSSR count). The third-order valence-corrected chi connectivity index (χ3v) is 5.59. The van der Waals surface area contributed by atoms with Crippen LogP contribution in [0.1, 0.15) is 6.42 Å². The molecule has 1 amide bonds. The van der Waals surface area contributed by atoms with Crippen LogP contribution in [-0.4, -0.2) is 28.7 Å². The molecule has 0 fully saturated rings. The standard InChI is InChI=1S/C25H23N3O2S/c1-30-21-14-8-13-20(17-21)26-22(29)15-16-31-25-27-23(18-9-4-2-5-10-18)24(28-25)19-11-6-3-7-12-19/h2-14,17H,15-16H2,1H3,(H,26,29)(H,27,28). The lowest BCUT2D eigenvalue weighted by atomic mass is 10.1. The summed E-state index contributed by atoms with van der Waals surface area (Å²) in [6, 6.07) is 27.6. The second-order valence-electron chi connectivity index (χ2n) is 6.88. The first-order valence-electron chi connectivity index (χ1n) is 10.0. The van der Waals surface area contributed by atoms with Gasteiger partial charge in [0.05, 0.1) is 18.5 Å². The molecular formula is C25H23N3O2S. The summed E-state index contributed by atoms with van der Waals surface area (Å²) in [7, 11) is 1.61. The Labute approximate surface area is 185 Å². The summed E-state index contributed by atoms with van der Waals surface area (Å²) < 4.78 is 5.19. The van der Waals surface area contributed by atoms with Crippen LogP contribution in [0.25, 0.3) is 22.5 Å². The Morgan fingerprint density at radius 2 is 1.68 bits per heavy atom. The number of amides is 1. The highest BCUT2D eigenvalue weighted by Gasteiger charge is 2.14. The van der Waals surface area contributed by atoms with E-state index in [0.717, 1.165) is 33.4 Å². The average Bonchev–Trinajstić information content (AvgIpc) is 3.24. The fourth-order valence-corrected chi connectivity index (χ4v) is 4.01. The SMILES string of the molecule is COc1cccc(NC(=O)CCSc2nc(-c3ccccc3)c(-c3ccccc3)[nH]2)c1. The van der Waals surface area contributed by atoms with E-state index in [0.29, 0.717) is 17.9 Å². The number of benzene rings is 3. The molecule has 0 radical (unpaired) electrons. The highest BCUT2D eigenvalue weighted by molar-refractivity contribution is 7.99. The maximum Gasteiger partial charge on any atom is 0.225 e. The average molecular weight is 430 g/mol. The molecule has 6 heteroatoms. The molecule has 156 valence electrons. The highest BCUT2D eigenvalue weighted by atomic mass is 32.2. The molecule has 0 saturated heterocycles. The van der Waals surface area contributed by atoms with Gasteiger partial charge in [0, 0.05) is 35.1 Å². The smallest absolute Gasteiger partial charge is 0.225 e. The Morgan fingerprint density at radius 1 is 0.968 bits per heavy atom. The number of nitrogens with one attached hydrogen (secondary N) is 2. The highest BCUT2D eigenvalue weighted by Crippen LogP contribution is 2.32. The molecule has 3 aromatic carbocycles. The van der Waals surface area contributed by atoms with Gasteiger partial charge in [-0.05, 0) is 12.1 Å². The van der Waals surface area contributed by atoms with Crippen LogP contribution in [-0.2, 0) is 4.79 Å². The first-order chi connectivity index (χ1) is 15.2. The minimum Gasteiger partial charge on any atom is -0.497 e. The third kappa shape index (κ3) is 5.35. The molecule has 31 heavy (non-hydrogen) atoms. The van der Waals surface area contributed by atoms with Gasteiger partial charge >= 0.3 is 0 Å². The van der Waals surface area contributed by atoms with E-state index in [2.05, 4.69) is 34.6 Å². The number of thioether (sulfide) groups is 1. The summed E-state index contributed by atoms with van der Waals surface area (Å²) in [6.07, 6.45) is 0.379. The number of aromatic nitrogens is 2. The Bertz CT molecular complexity index is 1090. The second-order valence-corrected chi connectivity index (χ2v) is 7.96. The predicted molar refractivity (Wildman–Crippen MR) is 126 cm³/mol. The van der Waals surface area contributed by atoms with Crippen molar-refractivity contribution in [1.29, 1.82) is 0 Å². The maximum absolute atomic E-state index is 12.3. The minimum atomic E-state index is -0.0427. The Morgan fingerprint density at radius 3 is 2.39 bits per heavy atom. The fourth-order valence-electron chi connectivity index (χ4n) is 3.20. The van der Waals surface area contributed by atoms with E-state index in [4.69, 9.17) is 9.72 Å². The van der Waals surface area contributed by atoms with Crippen molar-refractivity contribution in [2.45, 2.75) is 11.6 Å². The number of carbonyl (C=O) groups is 1.